The van der Waals surface area contributed by atoms with Crippen LogP contribution >= 0.6 is 0 Å². The fourth-order valence-electron chi connectivity index (χ4n) is 3.19. The lowest BCUT2D eigenvalue weighted by Crippen LogP contribution is -2.13. The summed E-state index contributed by atoms with van der Waals surface area (Å²) >= 11 is 0. The SMILES string of the molecule is CCCCOc1cccc(C(=O)Nc2ccc(NC(=O)c3cc4ccccc4o3)cc2)c1. The average molecular weight is 428 g/mol. The molecule has 4 aromatic rings. The van der Waals surface area contributed by atoms with E-state index >= 15 is 0 Å². The van der Waals surface area contributed by atoms with Gasteiger partial charge in [-0.1, -0.05) is 37.6 Å². The molecule has 0 saturated heterocycles. The number of hydrogen-bond acceptors (Lipinski definition) is 4. The monoisotopic (exact) mass is 428 g/mol. The van der Waals surface area contributed by atoms with Gasteiger partial charge >= 0.3 is 0 Å². The summed E-state index contributed by atoms with van der Waals surface area (Å²) in [7, 11) is 0. The van der Waals surface area contributed by atoms with Crippen LogP contribution in [0.1, 0.15) is 40.7 Å². The zero-order valence-corrected chi connectivity index (χ0v) is 17.8. The topological polar surface area (TPSA) is 80.6 Å². The van der Waals surface area contributed by atoms with Crippen molar-refractivity contribution >= 4 is 34.2 Å². The molecule has 1 aromatic heterocycles. The van der Waals surface area contributed by atoms with E-state index in [1.807, 2.05) is 30.3 Å². The van der Waals surface area contributed by atoms with E-state index in [1.165, 1.54) is 0 Å². The highest BCUT2D eigenvalue weighted by Gasteiger charge is 2.13. The molecule has 6 heteroatoms. The molecule has 1 heterocycles. The number of hydrogen-bond donors (Lipinski definition) is 2. The van der Waals surface area contributed by atoms with Gasteiger partial charge in [0.15, 0.2) is 5.76 Å². The van der Waals surface area contributed by atoms with Gasteiger partial charge in [-0.05, 0) is 61.0 Å². The molecule has 4 rings (SSSR count). The van der Waals surface area contributed by atoms with E-state index in [-0.39, 0.29) is 17.6 Å². The lowest BCUT2D eigenvalue weighted by molar-refractivity contribution is 0.0996. The minimum atomic E-state index is -0.335. The molecule has 3 aromatic carbocycles. The second kappa shape index (κ2) is 9.83. The first-order chi connectivity index (χ1) is 15.6. The fourth-order valence-corrected chi connectivity index (χ4v) is 3.19. The van der Waals surface area contributed by atoms with E-state index in [1.54, 1.807) is 48.5 Å². The molecule has 0 unspecified atom stereocenters. The maximum Gasteiger partial charge on any atom is 0.291 e. The third kappa shape index (κ3) is 5.16. The van der Waals surface area contributed by atoms with Gasteiger partial charge in [0.05, 0.1) is 6.61 Å². The molecule has 0 aliphatic carbocycles. The van der Waals surface area contributed by atoms with Crippen LogP contribution in [0.2, 0.25) is 0 Å². The van der Waals surface area contributed by atoms with E-state index in [0.29, 0.717) is 34.9 Å². The van der Waals surface area contributed by atoms with Crippen LogP contribution in [0.5, 0.6) is 5.75 Å². The molecule has 2 amide bonds. The van der Waals surface area contributed by atoms with Gasteiger partial charge in [0.1, 0.15) is 11.3 Å². The molecule has 0 aliphatic heterocycles. The molecule has 32 heavy (non-hydrogen) atoms. The van der Waals surface area contributed by atoms with Crippen molar-refractivity contribution in [1.29, 1.82) is 0 Å². The Bertz CT molecular complexity index is 1200. The van der Waals surface area contributed by atoms with Gasteiger partial charge in [-0.2, -0.15) is 0 Å². The van der Waals surface area contributed by atoms with Crippen LogP contribution in [0.15, 0.2) is 83.3 Å². The number of furan rings is 1. The molecule has 0 bridgehead atoms. The minimum absolute atomic E-state index is 0.231. The summed E-state index contributed by atoms with van der Waals surface area (Å²) in [5, 5.41) is 6.53. The highest BCUT2D eigenvalue weighted by atomic mass is 16.5. The smallest absolute Gasteiger partial charge is 0.291 e. The number of amides is 2. The van der Waals surface area contributed by atoms with Crippen LogP contribution < -0.4 is 15.4 Å². The van der Waals surface area contributed by atoms with Crippen LogP contribution in [-0.2, 0) is 0 Å². The number of benzene rings is 3. The first kappa shape index (κ1) is 21.2. The second-order valence-electron chi connectivity index (χ2n) is 7.36. The maximum atomic E-state index is 12.6. The van der Waals surface area contributed by atoms with Crippen LogP contribution in [0.25, 0.3) is 11.0 Å². The van der Waals surface area contributed by atoms with Crippen LogP contribution in [0.3, 0.4) is 0 Å². The highest BCUT2D eigenvalue weighted by molar-refractivity contribution is 6.06. The standard InChI is InChI=1S/C26H24N2O4/c1-2-3-15-31-22-9-6-8-19(16-22)25(29)27-20-11-13-21(14-12-20)28-26(30)24-17-18-7-4-5-10-23(18)32-24/h4-14,16-17H,2-3,15H2,1H3,(H,27,29)(H,28,30). The summed E-state index contributed by atoms with van der Waals surface area (Å²) in [5.74, 6) is 0.349. The third-order valence-corrected chi connectivity index (χ3v) is 4.91. The summed E-state index contributed by atoms with van der Waals surface area (Å²) in [4.78, 5) is 25.1. The van der Waals surface area contributed by atoms with Crippen molar-refractivity contribution in [2.24, 2.45) is 0 Å². The van der Waals surface area contributed by atoms with Gasteiger partial charge in [0.25, 0.3) is 11.8 Å². The maximum absolute atomic E-state index is 12.6. The number of ether oxygens (including phenoxy) is 1. The van der Waals surface area contributed by atoms with E-state index in [9.17, 15) is 9.59 Å². The van der Waals surface area contributed by atoms with Crippen molar-refractivity contribution < 1.29 is 18.7 Å². The Labute approximate surface area is 186 Å². The van der Waals surface area contributed by atoms with Gasteiger partial charge in [0, 0.05) is 22.3 Å². The second-order valence-corrected chi connectivity index (χ2v) is 7.36. The quantitative estimate of drug-likeness (QED) is 0.332. The van der Waals surface area contributed by atoms with Crippen molar-refractivity contribution in [2.75, 3.05) is 17.2 Å². The molecule has 0 radical (unpaired) electrons. The summed E-state index contributed by atoms with van der Waals surface area (Å²) in [5.41, 5.74) is 2.39. The van der Waals surface area contributed by atoms with Gasteiger partial charge < -0.3 is 19.8 Å². The third-order valence-electron chi connectivity index (χ3n) is 4.91. The first-order valence-corrected chi connectivity index (χ1v) is 10.6. The molecule has 0 spiro atoms. The molecular formula is C26H24N2O4. The van der Waals surface area contributed by atoms with Crippen molar-refractivity contribution in [1.82, 2.24) is 0 Å². The molecule has 162 valence electrons. The molecule has 2 N–H and O–H groups in total. The molecular weight excluding hydrogens is 404 g/mol. The zero-order valence-electron chi connectivity index (χ0n) is 17.8. The van der Waals surface area contributed by atoms with Gasteiger partial charge in [0.2, 0.25) is 0 Å². The number of para-hydroxylation sites is 1. The normalized spacial score (nSPS) is 10.7. The minimum Gasteiger partial charge on any atom is -0.494 e. The number of fused-ring (bicyclic) bond motifs is 1. The Balaban J connectivity index is 1.36. The number of carbonyl (C=O) groups excluding carboxylic acids is 2. The fraction of sp³-hybridized carbons (Fsp3) is 0.154. The van der Waals surface area contributed by atoms with E-state index in [2.05, 4.69) is 17.6 Å². The van der Waals surface area contributed by atoms with Crippen molar-refractivity contribution in [3.05, 3.63) is 90.2 Å². The van der Waals surface area contributed by atoms with Gasteiger partial charge in [-0.15, -0.1) is 0 Å². The number of rotatable bonds is 8. The number of anilines is 2. The van der Waals surface area contributed by atoms with Gasteiger partial charge in [-0.3, -0.25) is 9.59 Å². The summed E-state index contributed by atoms with van der Waals surface area (Å²) < 4.78 is 11.3. The molecule has 0 atom stereocenters. The Morgan fingerprint density at radius 1 is 0.844 bits per heavy atom. The van der Waals surface area contributed by atoms with Crippen molar-refractivity contribution in [2.45, 2.75) is 19.8 Å². The predicted molar refractivity (Wildman–Crippen MR) is 125 cm³/mol. The zero-order chi connectivity index (χ0) is 22.3. The largest absolute Gasteiger partial charge is 0.494 e. The highest BCUT2D eigenvalue weighted by Crippen LogP contribution is 2.21. The van der Waals surface area contributed by atoms with Gasteiger partial charge in [-0.25, -0.2) is 0 Å². The van der Waals surface area contributed by atoms with Crippen molar-refractivity contribution in [3.63, 3.8) is 0 Å². The van der Waals surface area contributed by atoms with Crippen molar-refractivity contribution in [3.8, 4) is 5.75 Å². The van der Waals surface area contributed by atoms with E-state index in [4.69, 9.17) is 9.15 Å². The summed E-state index contributed by atoms with van der Waals surface area (Å²) in [6.07, 6.45) is 2.02. The Morgan fingerprint density at radius 3 is 2.28 bits per heavy atom. The van der Waals surface area contributed by atoms with Crippen LogP contribution in [0, 0.1) is 0 Å². The molecule has 0 fully saturated rings. The van der Waals surface area contributed by atoms with Crippen LogP contribution in [0.4, 0.5) is 11.4 Å². The Kier molecular flexibility index (Phi) is 6.51. The first-order valence-electron chi connectivity index (χ1n) is 10.6. The molecule has 6 nitrogen and oxygen atoms in total. The lowest BCUT2D eigenvalue weighted by Gasteiger charge is -2.09. The predicted octanol–water partition coefficient (Wildman–Crippen LogP) is 6.12. The molecule has 0 saturated carbocycles. The summed E-state index contributed by atoms with van der Waals surface area (Å²) in [6, 6.07) is 23.2. The van der Waals surface area contributed by atoms with E-state index < -0.39 is 0 Å². The Hall–Kier alpha value is -4.06. The lowest BCUT2D eigenvalue weighted by atomic mass is 10.2. The number of unbranched alkanes of at least 4 members (excludes halogenated alkanes) is 1. The number of carbonyl (C=O) groups is 2. The Morgan fingerprint density at radius 2 is 1.56 bits per heavy atom. The molecule has 0 aliphatic rings. The average Bonchev–Trinajstić information content (AvgIpc) is 3.25. The van der Waals surface area contributed by atoms with Crippen LogP contribution in [-0.4, -0.2) is 18.4 Å². The summed E-state index contributed by atoms with van der Waals surface area (Å²) in [6.45, 7) is 2.73. The number of nitrogens with one attached hydrogen (secondary N) is 2. The van der Waals surface area contributed by atoms with E-state index in [0.717, 1.165) is 18.2 Å².